The minimum Gasteiger partial charge on any atom is -0.378 e. The highest BCUT2D eigenvalue weighted by atomic mass is 19.1. The van der Waals surface area contributed by atoms with E-state index in [1.54, 1.807) is 0 Å². The maximum absolute atomic E-state index is 13.9. The molecule has 0 aromatic heterocycles. The highest BCUT2D eigenvalue weighted by Crippen LogP contribution is 2.26. The summed E-state index contributed by atoms with van der Waals surface area (Å²) in [6.07, 6.45) is 1.32. The molecule has 2 amide bonds. The van der Waals surface area contributed by atoms with Crippen molar-refractivity contribution in [2.24, 2.45) is 0 Å². The number of hydrogen-bond acceptors (Lipinski definition) is 4. The molecule has 2 saturated heterocycles. The molecule has 0 radical (unpaired) electrons. The molecular weight excluding hydrogens is 404 g/mol. The first-order valence-corrected chi connectivity index (χ1v) is 10.5. The molecule has 1 N–H and O–H groups in total. The Labute approximate surface area is 179 Å². The zero-order chi connectivity index (χ0) is 21.8. The molecule has 2 aliphatic rings. The summed E-state index contributed by atoms with van der Waals surface area (Å²) in [6.45, 7) is 3.58. The largest absolute Gasteiger partial charge is 0.378 e. The van der Waals surface area contributed by atoms with Gasteiger partial charge < -0.3 is 19.9 Å². The van der Waals surface area contributed by atoms with E-state index in [1.807, 2.05) is 29.2 Å². The lowest BCUT2D eigenvalue weighted by Gasteiger charge is -2.35. The summed E-state index contributed by atoms with van der Waals surface area (Å²) in [5.41, 5.74) is 1.39. The third-order valence-electron chi connectivity index (χ3n) is 5.78. The number of benzene rings is 2. The summed E-state index contributed by atoms with van der Waals surface area (Å²) >= 11 is 0. The van der Waals surface area contributed by atoms with E-state index < -0.39 is 17.5 Å². The van der Waals surface area contributed by atoms with Crippen molar-refractivity contribution in [1.82, 2.24) is 10.2 Å². The smallest absolute Gasteiger partial charge is 0.256 e. The normalized spacial score (nSPS) is 17.5. The second-order valence-electron chi connectivity index (χ2n) is 7.78. The molecule has 164 valence electrons. The molecule has 31 heavy (non-hydrogen) atoms. The van der Waals surface area contributed by atoms with E-state index in [0.717, 1.165) is 17.8 Å². The Balaban J connectivity index is 1.39. The van der Waals surface area contributed by atoms with E-state index in [0.29, 0.717) is 63.9 Å². The first-order chi connectivity index (χ1) is 15.0. The number of carbonyl (C=O) groups is 2. The SMILES string of the molecule is O=C(NC1CCN(c2ccccc2C(=O)N2CCOCC2)CC1)c1ccc(F)cc1F. The second kappa shape index (κ2) is 9.43. The van der Waals surface area contributed by atoms with Crippen molar-refractivity contribution >= 4 is 17.5 Å². The minimum absolute atomic E-state index is 0.00103. The Morgan fingerprint density at radius 2 is 1.65 bits per heavy atom. The standard InChI is InChI=1S/C23H25F2N3O3/c24-16-5-6-18(20(25)15-16)22(29)26-17-7-9-27(10-8-17)21-4-2-1-3-19(21)23(30)28-11-13-31-14-12-28/h1-6,15,17H,7-14H2,(H,26,29). The zero-order valence-corrected chi connectivity index (χ0v) is 17.2. The Morgan fingerprint density at radius 3 is 2.35 bits per heavy atom. The van der Waals surface area contributed by atoms with Gasteiger partial charge in [0.15, 0.2) is 0 Å². The zero-order valence-electron chi connectivity index (χ0n) is 17.2. The number of anilines is 1. The quantitative estimate of drug-likeness (QED) is 0.812. The van der Waals surface area contributed by atoms with Crippen LogP contribution in [0, 0.1) is 11.6 Å². The van der Waals surface area contributed by atoms with Crippen LogP contribution in [-0.4, -0.2) is 62.1 Å². The van der Waals surface area contributed by atoms with Gasteiger partial charge in [0.25, 0.3) is 11.8 Å². The first kappa shape index (κ1) is 21.2. The molecule has 2 aromatic carbocycles. The number of piperidine rings is 1. The van der Waals surface area contributed by atoms with E-state index in [1.165, 1.54) is 0 Å². The van der Waals surface area contributed by atoms with Crippen molar-refractivity contribution in [2.75, 3.05) is 44.3 Å². The van der Waals surface area contributed by atoms with Crippen LogP contribution in [0.5, 0.6) is 0 Å². The Kier molecular flexibility index (Phi) is 6.46. The van der Waals surface area contributed by atoms with E-state index in [9.17, 15) is 18.4 Å². The highest BCUT2D eigenvalue weighted by Gasteiger charge is 2.27. The molecule has 0 atom stereocenters. The lowest BCUT2D eigenvalue weighted by molar-refractivity contribution is 0.0303. The summed E-state index contributed by atoms with van der Waals surface area (Å²) in [6, 6.07) is 10.4. The van der Waals surface area contributed by atoms with Crippen LogP contribution in [0.25, 0.3) is 0 Å². The molecule has 0 saturated carbocycles. The van der Waals surface area contributed by atoms with E-state index in [2.05, 4.69) is 10.2 Å². The molecule has 2 heterocycles. The average Bonchev–Trinajstić information content (AvgIpc) is 2.79. The van der Waals surface area contributed by atoms with Gasteiger partial charge in [-0.3, -0.25) is 9.59 Å². The van der Waals surface area contributed by atoms with Crippen LogP contribution in [0.3, 0.4) is 0 Å². The lowest BCUT2D eigenvalue weighted by atomic mass is 10.0. The Morgan fingerprint density at radius 1 is 0.935 bits per heavy atom. The molecule has 0 unspecified atom stereocenters. The van der Waals surface area contributed by atoms with Gasteiger partial charge in [-0.15, -0.1) is 0 Å². The van der Waals surface area contributed by atoms with E-state index >= 15 is 0 Å². The van der Waals surface area contributed by atoms with Crippen molar-refractivity contribution in [3.05, 3.63) is 65.2 Å². The first-order valence-electron chi connectivity index (χ1n) is 10.5. The number of morpholine rings is 1. The Hall–Kier alpha value is -3.00. The third kappa shape index (κ3) is 4.85. The van der Waals surface area contributed by atoms with Gasteiger partial charge in [-0.2, -0.15) is 0 Å². The highest BCUT2D eigenvalue weighted by molar-refractivity contribution is 6.00. The minimum atomic E-state index is -0.870. The molecule has 2 fully saturated rings. The molecule has 2 aliphatic heterocycles. The molecule has 0 bridgehead atoms. The van der Waals surface area contributed by atoms with Gasteiger partial charge >= 0.3 is 0 Å². The maximum Gasteiger partial charge on any atom is 0.256 e. The van der Waals surface area contributed by atoms with Gasteiger partial charge in [0.2, 0.25) is 0 Å². The third-order valence-corrected chi connectivity index (χ3v) is 5.78. The average molecular weight is 429 g/mol. The molecule has 6 nitrogen and oxygen atoms in total. The number of nitrogens with zero attached hydrogens (tertiary/aromatic N) is 2. The van der Waals surface area contributed by atoms with Gasteiger partial charge in [0, 0.05) is 44.0 Å². The summed E-state index contributed by atoms with van der Waals surface area (Å²) in [7, 11) is 0. The van der Waals surface area contributed by atoms with Gasteiger partial charge in [0.05, 0.1) is 24.3 Å². The van der Waals surface area contributed by atoms with Gasteiger partial charge in [-0.05, 0) is 37.1 Å². The fraction of sp³-hybridized carbons (Fsp3) is 0.391. The lowest BCUT2D eigenvalue weighted by Crippen LogP contribution is -2.46. The number of nitrogens with one attached hydrogen (secondary N) is 1. The number of ether oxygens (including phenoxy) is 1. The van der Waals surface area contributed by atoms with Gasteiger partial charge in [-0.1, -0.05) is 12.1 Å². The molecule has 8 heteroatoms. The number of para-hydroxylation sites is 1. The van der Waals surface area contributed by atoms with Crippen molar-refractivity contribution in [3.63, 3.8) is 0 Å². The second-order valence-corrected chi connectivity index (χ2v) is 7.78. The summed E-state index contributed by atoms with van der Waals surface area (Å²) in [4.78, 5) is 29.3. The monoisotopic (exact) mass is 429 g/mol. The van der Waals surface area contributed by atoms with Crippen LogP contribution in [-0.2, 0) is 4.74 Å². The van der Waals surface area contributed by atoms with Crippen LogP contribution >= 0.6 is 0 Å². The van der Waals surface area contributed by atoms with Crippen LogP contribution in [0.4, 0.5) is 14.5 Å². The number of hydrogen-bond donors (Lipinski definition) is 1. The maximum atomic E-state index is 13.9. The fourth-order valence-corrected chi connectivity index (χ4v) is 4.07. The molecular formula is C23H25F2N3O3. The predicted molar refractivity (Wildman–Crippen MR) is 112 cm³/mol. The number of rotatable bonds is 4. The summed E-state index contributed by atoms with van der Waals surface area (Å²) in [5.74, 6) is -2.13. The van der Waals surface area contributed by atoms with Crippen LogP contribution in [0.2, 0.25) is 0 Å². The molecule has 4 rings (SSSR count). The molecule has 0 aliphatic carbocycles. The summed E-state index contributed by atoms with van der Waals surface area (Å²) in [5, 5.41) is 2.84. The fourth-order valence-electron chi connectivity index (χ4n) is 4.07. The predicted octanol–water partition coefficient (Wildman–Crippen LogP) is 2.84. The Bertz CT molecular complexity index is 955. The van der Waals surface area contributed by atoms with Crippen LogP contribution < -0.4 is 10.2 Å². The van der Waals surface area contributed by atoms with Crippen molar-refractivity contribution in [1.29, 1.82) is 0 Å². The van der Waals surface area contributed by atoms with Gasteiger partial charge in [-0.25, -0.2) is 8.78 Å². The van der Waals surface area contributed by atoms with E-state index in [-0.39, 0.29) is 17.5 Å². The number of halogens is 2. The number of carbonyl (C=O) groups excluding carboxylic acids is 2. The number of amides is 2. The van der Waals surface area contributed by atoms with Crippen molar-refractivity contribution in [3.8, 4) is 0 Å². The van der Waals surface area contributed by atoms with Gasteiger partial charge in [0.1, 0.15) is 11.6 Å². The van der Waals surface area contributed by atoms with Crippen LogP contribution in [0.1, 0.15) is 33.6 Å². The van der Waals surface area contributed by atoms with E-state index in [4.69, 9.17) is 4.74 Å². The topological polar surface area (TPSA) is 61.9 Å². The molecule has 2 aromatic rings. The van der Waals surface area contributed by atoms with Crippen molar-refractivity contribution in [2.45, 2.75) is 18.9 Å². The van der Waals surface area contributed by atoms with Crippen molar-refractivity contribution < 1.29 is 23.1 Å². The molecule has 0 spiro atoms. The summed E-state index contributed by atoms with van der Waals surface area (Å²) < 4.78 is 32.3. The van der Waals surface area contributed by atoms with Crippen LogP contribution in [0.15, 0.2) is 42.5 Å².